The predicted octanol–water partition coefficient (Wildman–Crippen LogP) is 0.572. The molecule has 1 rings (SSSR count). The summed E-state index contributed by atoms with van der Waals surface area (Å²) < 4.78 is 0. The lowest BCUT2D eigenvalue weighted by Gasteiger charge is -2.17. The molecule has 1 unspecified atom stereocenters. The van der Waals surface area contributed by atoms with Gasteiger partial charge in [0.2, 0.25) is 0 Å². The van der Waals surface area contributed by atoms with Crippen LogP contribution in [0, 0.1) is 0 Å². The molecular weight excluding hydrogens is 210 g/mol. The number of hydrogen-bond acceptors (Lipinski definition) is 3. The number of carbonyl (C=O) groups is 2. The average Bonchev–Trinajstić information content (AvgIpc) is 2.48. The van der Waals surface area contributed by atoms with Crippen molar-refractivity contribution in [3.8, 4) is 0 Å². The van der Waals surface area contributed by atoms with E-state index in [0.717, 1.165) is 24.2 Å². The van der Waals surface area contributed by atoms with Crippen molar-refractivity contribution < 1.29 is 14.7 Å². The van der Waals surface area contributed by atoms with Gasteiger partial charge in [-0.3, -0.25) is 0 Å². The largest absolute Gasteiger partial charge is 0.371 e. The van der Waals surface area contributed by atoms with Crippen LogP contribution in [0.15, 0.2) is 0 Å². The molecule has 0 aromatic carbocycles. The Morgan fingerprint density at radius 1 is 1.56 bits per heavy atom. The minimum absolute atomic E-state index is 0.168. The molecule has 6 nitrogen and oxygen atoms in total. The Labute approximate surface area is 95.2 Å². The van der Waals surface area contributed by atoms with Gasteiger partial charge in [0.1, 0.15) is 0 Å². The third-order valence-corrected chi connectivity index (χ3v) is 2.54. The van der Waals surface area contributed by atoms with Crippen LogP contribution >= 0.6 is 0 Å². The second-order valence-electron chi connectivity index (χ2n) is 3.95. The Morgan fingerprint density at radius 3 is 2.75 bits per heavy atom. The number of β-amino-alcohol motifs (C(OH)–C–C–N with tert-alkyl or cyclic N) is 1. The Kier molecular flexibility index (Phi) is 4.54. The van der Waals surface area contributed by atoms with Crippen LogP contribution in [0.3, 0.4) is 0 Å². The van der Waals surface area contributed by atoms with Gasteiger partial charge in [0.05, 0.1) is 6.54 Å². The number of nitrogens with one attached hydrogen (secondary N) is 1. The fraction of sp³-hybridized carbons (Fsp3) is 0.800. The Morgan fingerprint density at radius 2 is 2.25 bits per heavy atom. The summed E-state index contributed by atoms with van der Waals surface area (Å²) in [5.41, 5.74) is 0. The van der Waals surface area contributed by atoms with E-state index in [9.17, 15) is 14.7 Å². The van der Waals surface area contributed by atoms with E-state index in [4.69, 9.17) is 0 Å². The van der Waals surface area contributed by atoms with Crippen molar-refractivity contribution in [1.82, 2.24) is 15.1 Å². The number of likely N-dealkylation sites (N-methyl/N-ethyl adjacent to an activating group) is 1. The zero-order chi connectivity index (χ0) is 12.1. The van der Waals surface area contributed by atoms with Crippen LogP contribution in [0.2, 0.25) is 0 Å². The summed E-state index contributed by atoms with van der Waals surface area (Å²) in [5, 5.41) is 12.1. The second-order valence-corrected chi connectivity index (χ2v) is 3.95. The van der Waals surface area contributed by atoms with Gasteiger partial charge in [-0.25, -0.2) is 14.5 Å². The number of rotatable bonds is 4. The Hall–Kier alpha value is -1.30. The normalized spacial score (nSPS) is 20.4. The lowest BCUT2D eigenvalue weighted by Crippen LogP contribution is -2.46. The van der Waals surface area contributed by atoms with E-state index < -0.39 is 18.3 Å². The summed E-state index contributed by atoms with van der Waals surface area (Å²) in [7, 11) is 1.55. The van der Waals surface area contributed by atoms with Crippen molar-refractivity contribution in [2.45, 2.75) is 32.4 Å². The van der Waals surface area contributed by atoms with Crippen LogP contribution in [-0.4, -0.2) is 53.3 Å². The van der Waals surface area contributed by atoms with Gasteiger partial charge in [-0.05, 0) is 6.42 Å². The number of hydrogen-bond donors (Lipinski definition) is 2. The summed E-state index contributed by atoms with van der Waals surface area (Å²) in [4.78, 5) is 25.2. The number of aliphatic hydroxyl groups is 1. The second kappa shape index (κ2) is 5.69. The van der Waals surface area contributed by atoms with Gasteiger partial charge in [0.25, 0.3) is 0 Å². The molecule has 0 spiro atoms. The van der Waals surface area contributed by atoms with Crippen LogP contribution in [-0.2, 0) is 0 Å². The first-order valence-corrected chi connectivity index (χ1v) is 5.58. The number of unbranched alkanes of at least 4 members (excludes halogenated alkanes) is 2. The number of carbonyl (C=O) groups excluding carboxylic acids is 2. The molecule has 16 heavy (non-hydrogen) atoms. The first kappa shape index (κ1) is 12.8. The van der Waals surface area contributed by atoms with Crippen molar-refractivity contribution in [1.29, 1.82) is 0 Å². The third-order valence-electron chi connectivity index (χ3n) is 2.54. The molecule has 0 saturated carbocycles. The lowest BCUT2D eigenvalue weighted by atomic mass is 10.2. The summed E-state index contributed by atoms with van der Waals surface area (Å²) in [6.45, 7) is 2.78. The van der Waals surface area contributed by atoms with Crippen molar-refractivity contribution in [2.24, 2.45) is 0 Å². The smallest absolute Gasteiger partial charge is 0.330 e. The monoisotopic (exact) mass is 229 g/mol. The highest BCUT2D eigenvalue weighted by Crippen LogP contribution is 2.11. The highest BCUT2D eigenvalue weighted by atomic mass is 16.3. The zero-order valence-electron chi connectivity index (χ0n) is 9.77. The topological polar surface area (TPSA) is 72.9 Å². The standard InChI is InChI=1S/C10H19N3O3/c1-3-4-5-6-11-9(15)13-8(14)7-12(2)10(13)16/h8,14H,3-7H2,1-2H3,(H,11,15). The van der Waals surface area contributed by atoms with E-state index in [-0.39, 0.29) is 6.54 Å². The maximum Gasteiger partial charge on any atom is 0.330 e. The Balaban J connectivity index is 2.38. The molecule has 0 aliphatic carbocycles. The average molecular weight is 229 g/mol. The molecule has 0 aromatic heterocycles. The van der Waals surface area contributed by atoms with E-state index in [1.165, 1.54) is 4.90 Å². The maximum absolute atomic E-state index is 11.6. The third kappa shape index (κ3) is 2.85. The van der Waals surface area contributed by atoms with Crippen molar-refractivity contribution in [3.63, 3.8) is 0 Å². The van der Waals surface area contributed by atoms with Gasteiger partial charge < -0.3 is 15.3 Å². The van der Waals surface area contributed by atoms with Gasteiger partial charge >= 0.3 is 12.1 Å². The number of aliphatic hydroxyl groups excluding tert-OH is 1. The fourth-order valence-electron chi connectivity index (χ4n) is 1.59. The van der Waals surface area contributed by atoms with Gasteiger partial charge in [0.15, 0.2) is 6.23 Å². The van der Waals surface area contributed by atoms with Crippen LogP contribution < -0.4 is 5.32 Å². The van der Waals surface area contributed by atoms with E-state index in [1.807, 2.05) is 0 Å². The van der Waals surface area contributed by atoms with Crippen molar-refractivity contribution in [3.05, 3.63) is 0 Å². The van der Waals surface area contributed by atoms with Gasteiger partial charge in [0, 0.05) is 13.6 Å². The van der Waals surface area contributed by atoms with Crippen LogP contribution in [0.4, 0.5) is 9.59 Å². The minimum atomic E-state index is -1.04. The Bertz CT molecular complexity index is 270. The van der Waals surface area contributed by atoms with Crippen molar-refractivity contribution in [2.75, 3.05) is 20.1 Å². The van der Waals surface area contributed by atoms with Gasteiger partial charge in [-0.2, -0.15) is 0 Å². The molecule has 4 amide bonds. The molecule has 1 aliphatic rings. The van der Waals surface area contributed by atoms with Crippen molar-refractivity contribution >= 4 is 12.1 Å². The maximum atomic E-state index is 11.6. The van der Waals surface area contributed by atoms with Gasteiger partial charge in [-0.15, -0.1) is 0 Å². The fourth-order valence-corrected chi connectivity index (χ4v) is 1.59. The number of nitrogens with zero attached hydrogens (tertiary/aromatic N) is 2. The van der Waals surface area contributed by atoms with Gasteiger partial charge in [-0.1, -0.05) is 19.8 Å². The van der Waals surface area contributed by atoms with E-state index in [0.29, 0.717) is 6.54 Å². The highest BCUT2D eigenvalue weighted by molar-refractivity contribution is 5.95. The first-order valence-electron chi connectivity index (χ1n) is 5.58. The number of imide groups is 1. The van der Waals surface area contributed by atoms with Crippen LogP contribution in [0.1, 0.15) is 26.2 Å². The van der Waals surface area contributed by atoms with Crippen LogP contribution in [0.25, 0.3) is 0 Å². The molecule has 1 heterocycles. The van der Waals surface area contributed by atoms with Crippen LogP contribution in [0.5, 0.6) is 0 Å². The number of amides is 4. The highest BCUT2D eigenvalue weighted by Gasteiger charge is 2.38. The summed E-state index contributed by atoms with van der Waals surface area (Å²) >= 11 is 0. The molecule has 2 N–H and O–H groups in total. The van der Waals surface area contributed by atoms with E-state index in [1.54, 1.807) is 7.05 Å². The molecule has 0 radical (unpaired) electrons. The summed E-state index contributed by atoms with van der Waals surface area (Å²) in [6, 6.07) is -0.974. The molecule has 0 bridgehead atoms. The van der Waals surface area contributed by atoms with E-state index in [2.05, 4.69) is 12.2 Å². The summed E-state index contributed by atoms with van der Waals surface area (Å²) in [5.74, 6) is 0. The number of urea groups is 2. The molecule has 0 aromatic rings. The van der Waals surface area contributed by atoms with E-state index >= 15 is 0 Å². The first-order chi connectivity index (χ1) is 7.57. The molecule has 1 fully saturated rings. The molecule has 92 valence electrons. The molecule has 6 heteroatoms. The zero-order valence-corrected chi connectivity index (χ0v) is 9.77. The molecule has 1 saturated heterocycles. The summed E-state index contributed by atoms with van der Waals surface area (Å²) in [6.07, 6.45) is 1.96. The molecule has 1 atom stereocenters. The minimum Gasteiger partial charge on any atom is -0.371 e. The predicted molar refractivity (Wildman–Crippen MR) is 58.8 cm³/mol. The SMILES string of the molecule is CCCCCNC(=O)N1C(=O)N(C)CC1O. The molecule has 1 aliphatic heterocycles. The quantitative estimate of drug-likeness (QED) is 0.692. The lowest BCUT2D eigenvalue weighted by molar-refractivity contribution is 0.0810. The molecular formula is C10H19N3O3.